The van der Waals surface area contributed by atoms with Gasteiger partial charge in [0.15, 0.2) is 9.84 Å². The number of hydrogen-bond acceptors (Lipinski definition) is 5. The predicted molar refractivity (Wildman–Crippen MR) is 106 cm³/mol. The fourth-order valence-electron chi connectivity index (χ4n) is 2.54. The van der Waals surface area contributed by atoms with Gasteiger partial charge in [-0.2, -0.15) is 0 Å². The van der Waals surface area contributed by atoms with E-state index in [-0.39, 0.29) is 18.0 Å². The summed E-state index contributed by atoms with van der Waals surface area (Å²) in [4.78, 5) is 27.8. The first-order chi connectivity index (χ1) is 13.3. The first kappa shape index (κ1) is 21.3. The lowest BCUT2D eigenvalue weighted by atomic mass is 10.1. The van der Waals surface area contributed by atoms with Crippen LogP contribution in [0.25, 0.3) is 0 Å². The highest BCUT2D eigenvalue weighted by atomic mass is 32.2. The maximum atomic E-state index is 13.3. The summed E-state index contributed by atoms with van der Waals surface area (Å²) in [6.45, 7) is 7.06. The van der Waals surface area contributed by atoms with E-state index in [1.807, 2.05) is 13.8 Å². The Kier molecular flexibility index (Phi) is 7.06. The first-order valence-corrected chi connectivity index (χ1v) is 10.2. The molecular weight excluding hydrogens is 378 g/mol. The van der Waals surface area contributed by atoms with E-state index in [1.54, 1.807) is 30.3 Å². The summed E-state index contributed by atoms with van der Waals surface area (Å²) in [5.41, 5.74) is 2.25. The molecule has 0 spiro atoms. The van der Waals surface area contributed by atoms with Crippen molar-refractivity contribution in [1.29, 1.82) is 0 Å². The second kappa shape index (κ2) is 9.27. The average molecular weight is 401 g/mol. The Morgan fingerprint density at radius 1 is 1.14 bits per heavy atom. The Morgan fingerprint density at radius 3 is 2.46 bits per heavy atom. The van der Waals surface area contributed by atoms with Crippen LogP contribution in [-0.2, 0) is 19.4 Å². The van der Waals surface area contributed by atoms with Gasteiger partial charge in [0.2, 0.25) is 0 Å². The molecule has 1 aromatic heterocycles. The summed E-state index contributed by atoms with van der Waals surface area (Å²) in [5.74, 6) is -1.76. The number of sulfone groups is 1. The topological polar surface area (TPSA) is 105 Å². The molecule has 0 aliphatic rings. The van der Waals surface area contributed by atoms with Gasteiger partial charge in [0, 0.05) is 25.5 Å². The molecule has 148 valence electrons. The van der Waals surface area contributed by atoms with E-state index in [0.29, 0.717) is 5.56 Å². The van der Waals surface area contributed by atoms with Crippen molar-refractivity contribution in [3.63, 3.8) is 0 Å². The SMILES string of the molecule is C=CCNC(=O)C(=O)NC[C@H](c1cccnc1)S(=O)(=O)c1ccc(C)c(C)c1. The standard InChI is InChI=1S/C20H23N3O4S/c1-4-9-22-19(24)20(25)23-13-18(16-6-5-10-21-12-16)28(26,27)17-8-7-14(2)15(3)11-17/h4-8,10-12,18H,1,9,13H2,2-3H3,(H,22,24)(H,23,25)/t18-/m1/s1. The van der Waals surface area contributed by atoms with E-state index in [0.717, 1.165) is 11.1 Å². The van der Waals surface area contributed by atoms with E-state index in [2.05, 4.69) is 22.2 Å². The molecule has 7 nitrogen and oxygen atoms in total. The number of benzene rings is 1. The third-order valence-corrected chi connectivity index (χ3v) is 6.40. The number of nitrogens with zero attached hydrogens (tertiary/aromatic N) is 1. The molecule has 0 fully saturated rings. The summed E-state index contributed by atoms with van der Waals surface area (Å²) < 4.78 is 26.5. The van der Waals surface area contributed by atoms with E-state index in [1.165, 1.54) is 18.5 Å². The summed E-state index contributed by atoms with van der Waals surface area (Å²) in [7, 11) is -3.83. The third kappa shape index (κ3) is 5.04. The van der Waals surface area contributed by atoms with Gasteiger partial charge in [0.1, 0.15) is 5.25 Å². The largest absolute Gasteiger partial charge is 0.346 e. The van der Waals surface area contributed by atoms with Crippen LogP contribution in [-0.4, -0.2) is 38.3 Å². The Hall–Kier alpha value is -3.00. The molecule has 1 aromatic carbocycles. The van der Waals surface area contributed by atoms with Crippen molar-refractivity contribution in [2.45, 2.75) is 24.0 Å². The molecule has 0 aliphatic carbocycles. The molecule has 0 saturated heterocycles. The van der Waals surface area contributed by atoms with E-state index in [9.17, 15) is 18.0 Å². The van der Waals surface area contributed by atoms with Gasteiger partial charge >= 0.3 is 11.8 Å². The van der Waals surface area contributed by atoms with Crippen LogP contribution in [0.3, 0.4) is 0 Å². The number of carbonyl (C=O) groups excluding carboxylic acids is 2. The fraction of sp³-hybridized carbons (Fsp3) is 0.250. The molecule has 2 aromatic rings. The number of hydrogen-bond donors (Lipinski definition) is 2. The fourth-order valence-corrected chi connectivity index (χ4v) is 4.27. The van der Waals surface area contributed by atoms with Gasteiger partial charge in [-0.15, -0.1) is 6.58 Å². The van der Waals surface area contributed by atoms with Gasteiger partial charge in [-0.25, -0.2) is 8.42 Å². The van der Waals surface area contributed by atoms with Crippen LogP contribution in [0.4, 0.5) is 0 Å². The van der Waals surface area contributed by atoms with Crippen molar-refractivity contribution >= 4 is 21.7 Å². The van der Waals surface area contributed by atoms with Gasteiger partial charge in [0.25, 0.3) is 0 Å². The van der Waals surface area contributed by atoms with Crippen LogP contribution >= 0.6 is 0 Å². The van der Waals surface area contributed by atoms with Crippen molar-refractivity contribution in [3.05, 3.63) is 72.1 Å². The predicted octanol–water partition coefficient (Wildman–Crippen LogP) is 1.63. The molecule has 0 bridgehead atoms. The average Bonchev–Trinajstić information content (AvgIpc) is 2.68. The van der Waals surface area contributed by atoms with Gasteiger partial charge in [0.05, 0.1) is 4.90 Å². The van der Waals surface area contributed by atoms with Crippen molar-refractivity contribution in [3.8, 4) is 0 Å². The molecular formula is C20H23N3O4S. The number of amides is 2. The van der Waals surface area contributed by atoms with Crippen LogP contribution in [0.1, 0.15) is 21.9 Å². The van der Waals surface area contributed by atoms with Crippen molar-refractivity contribution in [2.24, 2.45) is 0 Å². The van der Waals surface area contributed by atoms with Crippen LogP contribution in [0, 0.1) is 13.8 Å². The lowest BCUT2D eigenvalue weighted by Crippen LogP contribution is -2.42. The number of pyridine rings is 1. The molecule has 0 radical (unpaired) electrons. The summed E-state index contributed by atoms with van der Waals surface area (Å²) in [5, 5.41) is 3.66. The molecule has 2 amide bonds. The molecule has 0 unspecified atom stereocenters. The molecule has 2 rings (SSSR count). The van der Waals surface area contributed by atoms with Crippen molar-refractivity contribution in [1.82, 2.24) is 15.6 Å². The van der Waals surface area contributed by atoms with Gasteiger partial charge in [-0.05, 0) is 48.7 Å². The minimum Gasteiger partial charge on any atom is -0.346 e. The maximum absolute atomic E-state index is 13.3. The molecule has 8 heteroatoms. The second-order valence-electron chi connectivity index (χ2n) is 6.27. The van der Waals surface area contributed by atoms with Crippen LogP contribution in [0.5, 0.6) is 0 Å². The maximum Gasteiger partial charge on any atom is 0.309 e. The lowest BCUT2D eigenvalue weighted by Gasteiger charge is -2.19. The highest BCUT2D eigenvalue weighted by Gasteiger charge is 2.30. The monoisotopic (exact) mass is 401 g/mol. The summed E-state index contributed by atoms with van der Waals surface area (Å²) >= 11 is 0. The minimum absolute atomic E-state index is 0.138. The number of rotatable bonds is 7. The molecule has 1 atom stereocenters. The second-order valence-corrected chi connectivity index (χ2v) is 8.41. The van der Waals surface area contributed by atoms with E-state index in [4.69, 9.17) is 0 Å². The molecule has 28 heavy (non-hydrogen) atoms. The Morgan fingerprint density at radius 2 is 1.86 bits per heavy atom. The van der Waals surface area contributed by atoms with E-state index >= 15 is 0 Å². The zero-order valence-corrected chi connectivity index (χ0v) is 16.6. The highest BCUT2D eigenvalue weighted by molar-refractivity contribution is 7.91. The van der Waals surface area contributed by atoms with Gasteiger partial charge in [-0.1, -0.05) is 18.2 Å². The Labute approximate surface area is 164 Å². The quantitative estimate of drug-likeness (QED) is 0.542. The highest BCUT2D eigenvalue weighted by Crippen LogP contribution is 2.29. The van der Waals surface area contributed by atoms with Crippen molar-refractivity contribution < 1.29 is 18.0 Å². The van der Waals surface area contributed by atoms with Crippen molar-refractivity contribution in [2.75, 3.05) is 13.1 Å². The smallest absolute Gasteiger partial charge is 0.309 e. The molecule has 0 saturated carbocycles. The molecule has 2 N–H and O–H groups in total. The number of aromatic nitrogens is 1. The minimum atomic E-state index is -3.83. The zero-order chi connectivity index (χ0) is 20.7. The zero-order valence-electron chi connectivity index (χ0n) is 15.8. The van der Waals surface area contributed by atoms with Crippen LogP contribution < -0.4 is 10.6 Å². The van der Waals surface area contributed by atoms with Crippen LogP contribution in [0.2, 0.25) is 0 Å². The normalized spacial score (nSPS) is 12.1. The summed E-state index contributed by atoms with van der Waals surface area (Å²) in [6, 6.07) is 8.13. The lowest BCUT2D eigenvalue weighted by molar-refractivity contribution is -0.139. The Balaban J connectivity index is 2.32. The van der Waals surface area contributed by atoms with Gasteiger partial charge < -0.3 is 10.6 Å². The Bertz CT molecular complexity index is 972. The van der Waals surface area contributed by atoms with Crippen LogP contribution in [0.15, 0.2) is 60.3 Å². The molecule has 0 aliphatic heterocycles. The van der Waals surface area contributed by atoms with E-state index < -0.39 is 26.9 Å². The number of nitrogens with one attached hydrogen (secondary N) is 2. The molecule has 1 heterocycles. The van der Waals surface area contributed by atoms with Gasteiger partial charge in [-0.3, -0.25) is 14.6 Å². The number of carbonyl (C=O) groups is 2. The first-order valence-electron chi connectivity index (χ1n) is 8.65. The number of aryl methyl sites for hydroxylation is 2. The summed E-state index contributed by atoms with van der Waals surface area (Å²) in [6.07, 6.45) is 4.41. The third-order valence-electron chi connectivity index (χ3n) is 4.30.